The van der Waals surface area contributed by atoms with Gasteiger partial charge in [0, 0.05) is 16.6 Å². The highest BCUT2D eigenvalue weighted by Gasteiger charge is 2.26. The summed E-state index contributed by atoms with van der Waals surface area (Å²) in [6.07, 6.45) is 4.60. The third-order valence-corrected chi connectivity index (χ3v) is 6.55. The number of hydrogen-bond acceptors (Lipinski definition) is 5. The molecule has 3 unspecified atom stereocenters. The summed E-state index contributed by atoms with van der Waals surface area (Å²) in [5.41, 5.74) is 0.596. The summed E-state index contributed by atoms with van der Waals surface area (Å²) in [4.78, 5) is 12.6. The molecular formula is C18H23Cl2N5OS. The number of nitrogens with zero attached hydrogens (tertiary/aromatic N) is 3. The Morgan fingerprint density at radius 1 is 1.33 bits per heavy atom. The fourth-order valence-corrected chi connectivity index (χ4v) is 4.41. The molecule has 1 fully saturated rings. The van der Waals surface area contributed by atoms with Gasteiger partial charge in [0.25, 0.3) is 0 Å². The number of halogens is 2. The lowest BCUT2D eigenvalue weighted by molar-refractivity contribution is -0.121. The summed E-state index contributed by atoms with van der Waals surface area (Å²) < 4.78 is 1.34. The molecular weight excluding hydrogens is 405 g/mol. The van der Waals surface area contributed by atoms with Crippen molar-refractivity contribution in [1.29, 1.82) is 0 Å². The Bertz CT molecular complexity index is 828. The highest BCUT2D eigenvalue weighted by molar-refractivity contribution is 8.00. The largest absolute Gasteiger partial charge is 0.352 e. The molecule has 1 aliphatic rings. The molecule has 0 bridgehead atoms. The normalized spacial score (nSPS) is 21.0. The van der Waals surface area contributed by atoms with Gasteiger partial charge in [-0.1, -0.05) is 54.7 Å². The van der Waals surface area contributed by atoms with Crippen molar-refractivity contribution in [2.75, 3.05) is 5.84 Å². The van der Waals surface area contributed by atoms with Crippen LogP contribution in [0.2, 0.25) is 10.0 Å². The lowest BCUT2D eigenvalue weighted by Gasteiger charge is -2.30. The van der Waals surface area contributed by atoms with Crippen molar-refractivity contribution in [3.8, 4) is 11.4 Å². The second kappa shape index (κ2) is 8.71. The van der Waals surface area contributed by atoms with Crippen molar-refractivity contribution in [1.82, 2.24) is 20.2 Å². The van der Waals surface area contributed by atoms with Crippen LogP contribution in [0.4, 0.5) is 0 Å². The van der Waals surface area contributed by atoms with Gasteiger partial charge < -0.3 is 11.2 Å². The van der Waals surface area contributed by atoms with Crippen LogP contribution in [0.25, 0.3) is 11.4 Å². The molecule has 1 heterocycles. The Morgan fingerprint density at radius 3 is 2.81 bits per heavy atom. The minimum absolute atomic E-state index is 0.0101. The van der Waals surface area contributed by atoms with E-state index in [0.29, 0.717) is 32.5 Å². The predicted molar refractivity (Wildman–Crippen MR) is 111 cm³/mol. The molecule has 1 aromatic heterocycles. The molecule has 3 rings (SSSR count). The monoisotopic (exact) mass is 427 g/mol. The molecule has 9 heteroatoms. The van der Waals surface area contributed by atoms with Crippen molar-refractivity contribution in [3.63, 3.8) is 0 Å². The molecule has 6 nitrogen and oxygen atoms in total. The number of rotatable bonds is 5. The van der Waals surface area contributed by atoms with Crippen LogP contribution in [0.5, 0.6) is 0 Å². The van der Waals surface area contributed by atoms with E-state index < -0.39 is 0 Å². The molecule has 1 amide bonds. The van der Waals surface area contributed by atoms with E-state index in [-0.39, 0.29) is 17.2 Å². The van der Waals surface area contributed by atoms with E-state index in [2.05, 4.69) is 22.4 Å². The lowest BCUT2D eigenvalue weighted by atomic mass is 9.86. The second-order valence-electron chi connectivity index (χ2n) is 6.94. The number of hydrogen-bond donors (Lipinski definition) is 2. The van der Waals surface area contributed by atoms with E-state index in [4.69, 9.17) is 29.0 Å². The molecule has 27 heavy (non-hydrogen) atoms. The molecule has 146 valence electrons. The van der Waals surface area contributed by atoms with Crippen LogP contribution < -0.4 is 11.2 Å². The Hall–Kier alpha value is -1.44. The van der Waals surface area contributed by atoms with Gasteiger partial charge in [0.05, 0.1) is 10.3 Å². The van der Waals surface area contributed by atoms with Crippen molar-refractivity contribution >= 4 is 40.9 Å². The standard InChI is InChI=1S/C18H23Cl2N5OS/c1-10-5-3-4-6-15(10)22-17(26)11(2)27-18-24-23-16(25(18)21)13-9-12(19)7-8-14(13)20/h7-11,15H,3-6,21H2,1-2H3,(H,22,26). The zero-order valence-corrected chi connectivity index (χ0v) is 17.6. The van der Waals surface area contributed by atoms with E-state index in [1.165, 1.54) is 22.9 Å². The van der Waals surface area contributed by atoms with Crippen molar-refractivity contribution in [2.45, 2.75) is 56.0 Å². The first-order chi connectivity index (χ1) is 12.9. The Balaban J connectivity index is 1.69. The number of amides is 1. The molecule has 3 N–H and O–H groups in total. The molecule has 1 saturated carbocycles. The fraction of sp³-hybridized carbons (Fsp3) is 0.500. The summed E-state index contributed by atoms with van der Waals surface area (Å²) in [6.45, 7) is 4.04. The summed E-state index contributed by atoms with van der Waals surface area (Å²) in [5.74, 6) is 7.05. The van der Waals surface area contributed by atoms with Crippen LogP contribution in [0.1, 0.15) is 39.5 Å². The SMILES string of the molecule is CC(Sc1nnc(-c2cc(Cl)ccc2Cl)n1N)C(=O)NC1CCCCC1C. The number of nitrogens with two attached hydrogens (primary N) is 1. The fourth-order valence-electron chi connectivity index (χ4n) is 3.25. The molecule has 0 saturated heterocycles. The first-order valence-corrected chi connectivity index (χ1v) is 10.6. The second-order valence-corrected chi connectivity index (χ2v) is 9.09. The van der Waals surface area contributed by atoms with Gasteiger partial charge in [-0.3, -0.25) is 4.79 Å². The van der Waals surface area contributed by atoms with Gasteiger partial charge in [0.15, 0.2) is 5.82 Å². The molecule has 0 aliphatic heterocycles. The number of nitrogens with one attached hydrogen (secondary N) is 1. The molecule has 0 spiro atoms. The zero-order valence-electron chi connectivity index (χ0n) is 15.3. The van der Waals surface area contributed by atoms with Gasteiger partial charge in [-0.15, -0.1) is 10.2 Å². The number of nitrogen functional groups attached to an aromatic ring is 1. The molecule has 2 aromatic rings. The third-order valence-electron chi connectivity index (χ3n) is 4.92. The topological polar surface area (TPSA) is 85.8 Å². The van der Waals surface area contributed by atoms with Gasteiger partial charge in [-0.2, -0.15) is 0 Å². The van der Waals surface area contributed by atoms with E-state index in [0.717, 1.165) is 19.3 Å². The minimum Gasteiger partial charge on any atom is -0.352 e. The van der Waals surface area contributed by atoms with E-state index in [9.17, 15) is 4.79 Å². The predicted octanol–water partition coefficient (Wildman–Crippen LogP) is 4.14. The van der Waals surface area contributed by atoms with Gasteiger partial charge in [-0.25, -0.2) is 4.68 Å². The third kappa shape index (κ3) is 4.70. The van der Waals surface area contributed by atoms with E-state index in [1.54, 1.807) is 18.2 Å². The van der Waals surface area contributed by atoms with E-state index in [1.807, 2.05) is 6.92 Å². The first kappa shape index (κ1) is 20.3. The quantitative estimate of drug-likeness (QED) is 0.552. The molecule has 1 aromatic carbocycles. The van der Waals surface area contributed by atoms with Crippen LogP contribution in [0, 0.1) is 5.92 Å². The van der Waals surface area contributed by atoms with Crippen molar-refractivity contribution < 1.29 is 4.79 Å². The number of carbonyl (C=O) groups is 1. The van der Waals surface area contributed by atoms with Crippen molar-refractivity contribution in [3.05, 3.63) is 28.2 Å². The van der Waals surface area contributed by atoms with Gasteiger partial charge in [0.2, 0.25) is 11.1 Å². The number of aromatic nitrogens is 3. The average Bonchev–Trinajstić information content (AvgIpc) is 2.99. The van der Waals surface area contributed by atoms with Gasteiger partial charge >= 0.3 is 0 Å². The highest BCUT2D eigenvalue weighted by atomic mass is 35.5. The molecule has 1 aliphatic carbocycles. The Labute approximate surface area is 173 Å². The average molecular weight is 428 g/mol. The minimum atomic E-state index is -0.340. The maximum atomic E-state index is 12.6. The van der Waals surface area contributed by atoms with Crippen LogP contribution in [-0.2, 0) is 4.79 Å². The summed E-state index contributed by atoms with van der Waals surface area (Å²) in [6, 6.07) is 5.30. The van der Waals surface area contributed by atoms with Crippen molar-refractivity contribution in [2.24, 2.45) is 5.92 Å². The number of benzene rings is 1. The van der Waals surface area contributed by atoms with Crippen LogP contribution in [-0.4, -0.2) is 32.1 Å². The lowest BCUT2D eigenvalue weighted by Crippen LogP contribution is -2.44. The van der Waals surface area contributed by atoms with Crippen LogP contribution in [0.3, 0.4) is 0 Å². The van der Waals surface area contributed by atoms with E-state index >= 15 is 0 Å². The Morgan fingerprint density at radius 2 is 2.07 bits per heavy atom. The maximum Gasteiger partial charge on any atom is 0.233 e. The molecule has 0 radical (unpaired) electrons. The number of carbonyl (C=O) groups excluding carboxylic acids is 1. The summed E-state index contributed by atoms with van der Waals surface area (Å²) >= 11 is 13.5. The highest BCUT2D eigenvalue weighted by Crippen LogP contribution is 2.31. The maximum absolute atomic E-state index is 12.6. The molecule has 3 atom stereocenters. The zero-order chi connectivity index (χ0) is 19.6. The Kier molecular flexibility index (Phi) is 6.55. The van der Waals surface area contributed by atoms with Crippen LogP contribution >= 0.6 is 35.0 Å². The first-order valence-electron chi connectivity index (χ1n) is 8.99. The van der Waals surface area contributed by atoms with Gasteiger partial charge in [-0.05, 0) is 43.9 Å². The summed E-state index contributed by atoms with van der Waals surface area (Å²) in [7, 11) is 0. The van der Waals surface area contributed by atoms with Gasteiger partial charge in [0.1, 0.15) is 0 Å². The smallest absolute Gasteiger partial charge is 0.233 e. The van der Waals surface area contributed by atoms with Crippen LogP contribution in [0.15, 0.2) is 23.4 Å². The summed E-state index contributed by atoms with van der Waals surface area (Å²) in [5, 5.41) is 12.5. The number of thioether (sulfide) groups is 1.